The predicted molar refractivity (Wildman–Crippen MR) is 161 cm³/mol. The van der Waals surface area contributed by atoms with Crippen LogP contribution in [-0.2, 0) is 22.3 Å². The fourth-order valence-electron chi connectivity index (χ4n) is 7.86. The fraction of sp³-hybridized carbons (Fsp3) is 0.545. The standard InChI is InChI=1S/C33H37F6N5O3/c34-32(35,36)25-17-41-29(44-28(25)40-16-22-8-4-5-9-27(22)47-33(37,38)39)42-19-31-11-10-21-13-26(24(15-31)12-23(21)14-31)43-30(45)46-18-20-6-2-1-3-7-20/h1-4,6-8,17,21,23-24,26H,5,9-16,18-19H2,(H,43,45)(H2,40,41,42,44). The Hall–Kier alpha value is -3.97. The van der Waals surface area contributed by atoms with Gasteiger partial charge in [0.05, 0.1) is 0 Å². The Bertz CT molecular complexity index is 1500. The molecule has 8 nitrogen and oxygen atoms in total. The van der Waals surface area contributed by atoms with E-state index in [-0.39, 0.29) is 54.2 Å². The van der Waals surface area contributed by atoms with Gasteiger partial charge in [0.1, 0.15) is 23.7 Å². The van der Waals surface area contributed by atoms with E-state index >= 15 is 0 Å². The molecule has 254 valence electrons. The lowest BCUT2D eigenvalue weighted by atomic mass is 9.50. The van der Waals surface area contributed by atoms with Crippen LogP contribution in [0.4, 0.5) is 42.9 Å². The molecule has 3 N–H and O–H groups in total. The van der Waals surface area contributed by atoms with Crippen LogP contribution in [0.5, 0.6) is 0 Å². The SMILES string of the molecule is O=C(NC1CC2CCC3(CNc4ncc(C(F)(F)F)c(NCC5=C(OC(F)(F)F)CCC=C5)n4)CC2CC1C3)OCc1ccccc1. The van der Waals surface area contributed by atoms with Gasteiger partial charge in [0.2, 0.25) is 5.95 Å². The molecule has 1 heterocycles. The first kappa shape index (κ1) is 33.0. The molecule has 0 spiro atoms. The van der Waals surface area contributed by atoms with Crippen LogP contribution in [0.1, 0.15) is 62.5 Å². The first-order valence-corrected chi connectivity index (χ1v) is 15.9. The number of nitrogens with zero attached hydrogens (tertiary/aromatic N) is 2. The lowest BCUT2D eigenvalue weighted by Gasteiger charge is -2.57. The summed E-state index contributed by atoms with van der Waals surface area (Å²) in [6.45, 7) is 0.281. The third-order valence-corrected chi connectivity index (χ3v) is 9.97. The Morgan fingerprint density at radius 2 is 1.79 bits per heavy atom. The summed E-state index contributed by atoms with van der Waals surface area (Å²) in [5, 5.41) is 8.85. The number of benzene rings is 1. The van der Waals surface area contributed by atoms with Crippen molar-refractivity contribution in [2.24, 2.45) is 23.2 Å². The van der Waals surface area contributed by atoms with Crippen LogP contribution in [0, 0.1) is 23.2 Å². The zero-order valence-electron chi connectivity index (χ0n) is 25.6. The highest BCUT2D eigenvalue weighted by Crippen LogP contribution is 2.58. The summed E-state index contributed by atoms with van der Waals surface area (Å²) < 4.78 is 89.8. The summed E-state index contributed by atoms with van der Waals surface area (Å²) in [5.41, 5.74) is -0.272. The van der Waals surface area contributed by atoms with E-state index in [1.54, 1.807) is 6.08 Å². The van der Waals surface area contributed by atoms with Gasteiger partial charge in [0.15, 0.2) is 0 Å². The van der Waals surface area contributed by atoms with Crippen LogP contribution in [0.25, 0.3) is 0 Å². The van der Waals surface area contributed by atoms with Crippen molar-refractivity contribution in [2.75, 3.05) is 23.7 Å². The van der Waals surface area contributed by atoms with Crippen LogP contribution in [-0.4, -0.2) is 41.6 Å². The number of aromatic nitrogens is 2. The summed E-state index contributed by atoms with van der Waals surface area (Å²) in [6.07, 6.45) is -0.469. The number of carbonyl (C=O) groups is 1. The Kier molecular flexibility index (Phi) is 9.30. The summed E-state index contributed by atoms with van der Waals surface area (Å²) in [7, 11) is 0. The number of ether oxygens (including phenoxy) is 2. The molecular weight excluding hydrogens is 628 g/mol. The van der Waals surface area contributed by atoms with Gasteiger partial charge in [-0.2, -0.15) is 18.2 Å². The van der Waals surface area contributed by atoms with Crippen molar-refractivity contribution in [2.45, 2.75) is 76.6 Å². The number of alkyl carbamates (subject to hydrolysis) is 1. The normalized spacial score (nSPS) is 26.9. The molecule has 4 aliphatic rings. The molecule has 0 radical (unpaired) electrons. The maximum atomic E-state index is 13.9. The van der Waals surface area contributed by atoms with Gasteiger partial charge < -0.3 is 25.4 Å². The molecule has 5 unspecified atom stereocenters. The number of rotatable bonds is 10. The quantitative estimate of drug-likeness (QED) is 0.222. The van der Waals surface area contributed by atoms with E-state index in [0.717, 1.165) is 44.1 Å². The van der Waals surface area contributed by atoms with Crippen LogP contribution >= 0.6 is 0 Å². The molecule has 4 aliphatic carbocycles. The average Bonchev–Trinajstić information content (AvgIpc) is 3.02. The molecule has 47 heavy (non-hydrogen) atoms. The van der Waals surface area contributed by atoms with E-state index in [9.17, 15) is 31.1 Å². The molecule has 1 amide bonds. The van der Waals surface area contributed by atoms with E-state index in [2.05, 4.69) is 30.7 Å². The van der Waals surface area contributed by atoms with Gasteiger partial charge >= 0.3 is 18.6 Å². The smallest absolute Gasteiger partial charge is 0.445 e. The van der Waals surface area contributed by atoms with E-state index in [1.165, 1.54) is 6.08 Å². The van der Waals surface area contributed by atoms with E-state index in [4.69, 9.17) is 4.74 Å². The molecule has 5 atom stereocenters. The fourth-order valence-corrected chi connectivity index (χ4v) is 7.86. The lowest BCUT2D eigenvalue weighted by Crippen LogP contribution is -2.55. The molecule has 3 fully saturated rings. The lowest BCUT2D eigenvalue weighted by molar-refractivity contribution is -0.306. The molecule has 1 aromatic carbocycles. The van der Waals surface area contributed by atoms with Crippen molar-refractivity contribution in [3.8, 4) is 0 Å². The molecule has 3 bridgehead atoms. The van der Waals surface area contributed by atoms with Gasteiger partial charge in [-0.05, 0) is 73.7 Å². The number of allylic oxidation sites excluding steroid dienone is 2. The first-order valence-electron chi connectivity index (χ1n) is 15.9. The third kappa shape index (κ3) is 8.13. The molecule has 1 aromatic heterocycles. The Morgan fingerprint density at radius 1 is 1.00 bits per heavy atom. The van der Waals surface area contributed by atoms with Crippen LogP contribution in [0.3, 0.4) is 0 Å². The largest absolute Gasteiger partial charge is 0.572 e. The zero-order chi connectivity index (χ0) is 33.2. The maximum absolute atomic E-state index is 13.9. The van der Waals surface area contributed by atoms with Crippen LogP contribution in [0.2, 0.25) is 0 Å². The van der Waals surface area contributed by atoms with Gasteiger partial charge in [-0.15, -0.1) is 13.2 Å². The summed E-state index contributed by atoms with van der Waals surface area (Å²) >= 11 is 0. The highest BCUT2D eigenvalue weighted by Gasteiger charge is 2.52. The summed E-state index contributed by atoms with van der Waals surface area (Å²) in [4.78, 5) is 20.8. The minimum atomic E-state index is -4.91. The van der Waals surface area contributed by atoms with Gasteiger partial charge in [-0.1, -0.05) is 42.5 Å². The third-order valence-electron chi connectivity index (χ3n) is 9.97. The molecular formula is C33H37F6N5O3. The number of alkyl halides is 6. The van der Waals surface area contributed by atoms with Crippen molar-refractivity contribution in [1.29, 1.82) is 0 Å². The zero-order valence-corrected chi connectivity index (χ0v) is 25.6. The number of nitrogens with one attached hydrogen (secondary N) is 3. The second kappa shape index (κ2) is 13.3. The van der Waals surface area contributed by atoms with Crippen molar-refractivity contribution < 1.29 is 40.6 Å². The Morgan fingerprint density at radius 3 is 2.55 bits per heavy atom. The van der Waals surface area contributed by atoms with Crippen molar-refractivity contribution in [1.82, 2.24) is 15.3 Å². The van der Waals surface area contributed by atoms with Crippen molar-refractivity contribution >= 4 is 17.9 Å². The van der Waals surface area contributed by atoms with Crippen LogP contribution < -0.4 is 16.0 Å². The maximum Gasteiger partial charge on any atom is 0.572 e. The summed E-state index contributed by atoms with van der Waals surface area (Å²) in [6, 6.07) is 9.43. The van der Waals surface area contributed by atoms with Crippen molar-refractivity contribution in [3.63, 3.8) is 0 Å². The number of amides is 1. The molecule has 2 aromatic rings. The topological polar surface area (TPSA) is 97.4 Å². The number of carbonyl (C=O) groups excluding carboxylic acids is 1. The van der Waals surface area contributed by atoms with Gasteiger partial charge in [-0.3, -0.25) is 0 Å². The Labute approximate surface area is 268 Å². The summed E-state index contributed by atoms with van der Waals surface area (Å²) in [5.74, 6) is 0.333. The van der Waals surface area contributed by atoms with E-state index in [0.29, 0.717) is 31.0 Å². The number of anilines is 2. The minimum Gasteiger partial charge on any atom is -0.445 e. The molecule has 3 saturated carbocycles. The predicted octanol–water partition coefficient (Wildman–Crippen LogP) is 7.97. The number of halogens is 6. The average molecular weight is 666 g/mol. The van der Waals surface area contributed by atoms with Crippen molar-refractivity contribution in [3.05, 3.63) is 71.1 Å². The second-order valence-corrected chi connectivity index (χ2v) is 13.1. The van der Waals surface area contributed by atoms with Gasteiger partial charge in [0.25, 0.3) is 0 Å². The minimum absolute atomic E-state index is 0.00757. The molecule has 14 heteroatoms. The van der Waals surface area contributed by atoms with Crippen LogP contribution in [0.15, 0.2) is 60.0 Å². The highest BCUT2D eigenvalue weighted by molar-refractivity contribution is 5.67. The number of fused-ring (bicyclic) bond motifs is 2. The monoisotopic (exact) mass is 665 g/mol. The first-order chi connectivity index (χ1) is 22.4. The van der Waals surface area contributed by atoms with Gasteiger partial charge in [0, 0.05) is 37.3 Å². The van der Waals surface area contributed by atoms with E-state index < -0.39 is 30.0 Å². The number of hydrogen-bond acceptors (Lipinski definition) is 7. The highest BCUT2D eigenvalue weighted by atomic mass is 19.4. The van der Waals surface area contributed by atoms with E-state index in [1.807, 2.05) is 30.3 Å². The number of hydrogen-bond donors (Lipinski definition) is 3. The van der Waals surface area contributed by atoms with Gasteiger partial charge in [-0.25, -0.2) is 9.78 Å². The molecule has 0 saturated heterocycles. The molecule has 6 rings (SSSR count). The Balaban J connectivity index is 1.11. The molecule has 0 aliphatic heterocycles. The second-order valence-electron chi connectivity index (χ2n) is 13.1.